The summed E-state index contributed by atoms with van der Waals surface area (Å²) in [4.78, 5) is 29.0. The molecule has 126 valence electrons. The number of carbonyl (C=O) groups excluding carboxylic acids is 2. The lowest BCUT2D eigenvalue weighted by Crippen LogP contribution is -2.43. The first kappa shape index (κ1) is 16.5. The third kappa shape index (κ3) is 3.01. The van der Waals surface area contributed by atoms with Crippen molar-refractivity contribution in [3.8, 4) is 0 Å². The van der Waals surface area contributed by atoms with Crippen molar-refractivity contribution < 1.29 is 9.59 Å². The van der Waals surface area contributed by atoms with Crippen LogP contribution in [0.2, 0.25) is 0 Å². The molecule has 0 fully saturated rings. The molecule has 0 spiro atoms. The fraction of sp³-hybridized carbons (Fsp3) is 0.333. The van der Waals surface area contributed by atoms with Gasteiger partial charge in [-0.05, 0) is 24.1 Å². The lowest BCUT2D eigenvalue weighted by atomic mass is 10.1. The van der Waals surface area contributed by atoms with Gasteiger partial charge in [0, 0.05) is 37.2 Å². The Morgan fingerprint density at radius 2 is 2.08 bits per heavy atom. The number of nitrogens with two attached hydrogens (primary N) is 1. The van der Waals surface area contributed by atoms with Crippen molar-refractivity contribution >= 4 is 28.8 Å². The number of carbonyl (C=O) groups is 2. The average molecular weight is 343 g/mol. The number of rotatable bonds is 3. The minimum atomic E-state index is -0.502. The highest BCUT2D eigenvalue weighted by Gasteiger charge is 2.30. The van der Waals surface area contributed by atoms with Crippen LogP contribution in [0, 0.1) is 0 Å². The second-order valence-corrected chi connectivity index (χ2v) is 6.98. The average Bonchev–Trinajstić information content (AvgIpc) is 3.02. The van der Waals surface area contributed by atoms with Crippen molar-refractivity contribution in [2.24, 2.45) is 5.73 Å². The monoisotopic (exact) mass is 343 g/mol. The molecule has 1 aliphatic rings. The molecule has 2 amide bonds. The van der Waals surface area contributed by atoms with Crippen molar-refractivity contribution in [1.29, 1.82) is 0 Å². The summed E-state index contributed by atoms with van der Waals surface area (Å²) in [5.41, 5.74) is 7.99. The quantitative estimate of drug-likeness (QED) is 0.932. The van der Waals surface area contributed by atoms with E-state index in [0.29, 0.717) is 17.0 Å². The van der Waals surface area contributed by atoms with Gasteiger partial charge in [-0.2, -0.15) is 0 Å². The van der Waals surface area contributed by atoms with Gasteiger partial charge in [0.2, 0.25) is 5.91 Å². The van der Waals surface area contributed by atoms with E-state index in [1.165, 1.54) is 11.3 Å². The fourth-order valence-electron chi connectivity index (χ4n) is 3.15. The maximum absolute atomic E-state index is 13.0. The Labute approximate surface area is 145 Å². The molecule has 1 unspecified atom stereocenters. The highest BCUT2D eigenvalue weighted by atomic mass is 32.1. The van der Waals surface area contributed by atoms with Crippen LogP contribution in [-0.2, 0) is 6.54 Å². The summed E-state index contributed by atoms with van der Waals surface area (Å²) in [5.74, 6) is -0.539. The van der Waals surface area contributed by atoms with Crippen LogP contribution < -0.4 is 10.6 Å². The van der Waals surface area contributed by atoms with Gasteiger partial charge in [0.05, 0.1) is 10.4 Å². The Morgan fingerprint density at radius 3 is 2.75 bits per heavy atom. The van der Waals surface area contributed by atoms with Crippen LogP contribution in [0.1, 0.15) is 38.9 Å². The number of para-hydroxylation sites is 1. The van der Waals surface area contributed by atoms with Crippen molar-refractivity contribution in [3.05, 3.63) is 51.7 Å². The topological polar surface area (TPSA) is 66.6 Å². The highest BCUT2D eigenvalue weighted by molar-refractivity contribution is 7.12. The Bertz CT molecular complexity index is 771. The molecule has 2 aromatic rings. The molecule has 0 saturated carbocycles. The van der Waals surface area contributed by atoms with E-state index < -0.39 is 5.91 Å². The molecule has 2 heterocycles. The maximum atomic E-state index is 13.0. The molecule has 2 N–H and O–H groups in total. The van der Waals surface area contributed by atoms with Gasteiger partial charge in [0.25, 0.3) is 5.91 Å². The zero-order chi connectivity index (χ0) is 17.3. The van der Waals surface area contributed by atoms with E-state index in [1.807, 2.05) is 17.0 Å². The van der Waals surface area contributed by atoms with E-state index in [0.717, 1.165) is 24.2 Å². The minimum Gasteiger partial charge on any atom is -0.372 e. The Kier molecular flexibility index (Phi) is 4.57. The third-order valence-corrected chi connectivity index (χ3v) is 5.41. The van der Waals surface area contributed by atoms with Crippen molar-refractivity contribution in [3.63, 3.8) is 0 Å². The molecule has 3 rings (SSSR count). The molecule has 0 bridgehead atoms. The second-order valence-electron chi connectivity index (χ2n) is 6.07. The van der Waals surface area contributed by atoms with E-state index in [2.05, 4.69) is 31.0 Å². The predicted molar refractivity (Wildman–Crippen MR) is 96.5 cm³/mol. The molecule has 5 nitrogen and oxygen atoms in total. The molecule has 1 aromatic carbocycles. The van der Waals surface area contributed by atoms with E-state index >= 15 is 0 Å². The lowest BCUT2D eigenvalue weighted by molar-refractivity contribution is 0.0673. The highest BCUT2D eigenvalue weighted by Crippen LogP contribution is 2.29. The first-order valence-corrected chi connectivity index (χ1v) is 8.87. The normalized spacial score (nSPS) is 17.3. The summed E-state index contributed by atoms with van der Waals surface area (Å²) in [7, 11) is 2.06. The Balaban J connectivity index is 1.94. The molecule has 0 aliphatic carbocycles. The largest absolute Gasteiger partial charge is 0.372 e. The standard InChI is InChI=1S/C18H21N3O2S/c1-3-14-10-20(2)15-7-5-4-6-12(15)9-21(14)18(23)16-8-13(11-24-16)17(19)22/h4-8,11,14H,3,9-10H2,1-2H3,(H2,19,22). The number of hydrogen-bond acceptors (Lipinski definition) is 4. The zero-order valence-corrected chi connectivity index (χ0v) is 14.7. The smallest absolute Gasteiger partial charge is 0.264 e. The molecule has 0 saturated heterocycles. The predicted octanol–water partition coefficient (Wildman–Crippen LogP) is 2.72. The van der Waals surface area contributed by atoms with Gasteiger partial charge in [0.1, 0.15) is 0 Å². The first-order valence-electron chi connectivity index (χ1n) is 7.99. The summed E-state index contributed by atoms with van der Waals surface area (Å²) in [6.45, 7) is 3.45. The molecule has 6 heteroatoms. The SMILES string of the molecule is CCC1CN(C)c2ccccc2CN1C(=O)c1cc(C(N)=O)cs1. The second kappa shape index (κ2) is 6.65. The number of hydrogen-bond donors (Lipinski definition) is 1. The fourth-order valence-corrected chi connectivity index (χ4v) is 4.00. The molecule has 1 aromatic heterocycles. The van der Waals surface area contributed by atoms with Gasteiger partial charge in [-0.3, -0.25) is 9.59 Å². The lowest BCUT2D eigenvalue weighted by Gasteiger charge is -2.30. The number of benzene rings is 1. The van der Waals surface area contributed by atoms with Crippen LogP contribution in [-0.4, -0.2) is 36.3 Å². The van der Waals surface area contributed by atoms with E-state index in [4.69, 9.17) is 5.73 Å². The Hall–Kier alpha value is -2.34. The van der Waals surface area contributed by atoms with Gasteiger partial charge < -0.3 is 15.5 Å². The number of fused-ring (bicyclic) bond motifs is 1. The summed E-state index contributed by atoms with van der Waals surface area (Å²) < 4.78 is 0. The number of anilines is 1. The Morgan fingerprint density at radius 1 is 1.33 bits per heavy atom. The third-order valence-electron chi connectivity index (χ3n) is 4.50. The first-order chi connectivity index (χ1) is 11.5. The van der Waals surface area contributed by atoms with Crippen LogP contribution in [0.25, 0.3) is 0 Å². The van der Waals surface area contributed by atoms with E-state index in [-0.39, 0.29) is 11.9 Å². The minimum absolute atomic E-state index is 0.0375. The van der Waals surface area contributed by atoms with Crippen molar-refractivity contribution in [2.45, 2.75) is 25.9 Å². The van der Waals surface area contributed by atoms with Gasteiger partial charge in [-0.1, -0.05) is 25.1 Å². The number of nitrogens with zero attached hydrogens (tertiary/aromatic N) is 2. The van der Waals surface area contributed by atoms with Gasteiger partial charge in [-0.25, -0.2) is 0 Å². The van der Waals surface area contributed by atoms with E-state index in [1.54, 1.807) is 11.4 Å². The maximum Gasteiger partial charge on any atom is 0.264 e. The van der Waals surface area contributed by atoms with Crippen LogP contribution in [0.3, 0.4) is 0 Å². The number of thiophene rings is 1. The molecule has 1 aliphatic heterocycles. The summed E-state index contributed by atoms with van der Waals surface area (Å²) in [5, 5.41) is 1.65. The molecule has 1 atom stereocenters. The van der Waals surface area contributed by atoms with Crippen LogP contribution in [0.4, 0.5) is 5.69 Å². The van der Waals surface area contributed by atoms with Gasteiger partial charge in [-0.15, -0.1) is 11.3 Å². The van der Waals surface area contributed by atoms with Gasteiger partial charge in [0.15, 0.2) is 0 Å². The summed E-state index contributed by atoms with van der Waals surface area (Å²) in [6.07, 6.45) is 0.873. The summed E-state index contributed by atoms with van der Waals surface area (Å²) in [6, 6.07) is 9.89. The van der Waals surface area contributed by atoms with Crippen molar-refractivity contribution in [2.75, 3.05) is 18.5 Å². The van der Waals surface area contributed by atoms with Crippen LogP contribution in [0.5, 0.6) is 0 Å². The molecular formula is C18H21N3O2S. The van der Waals surface area contributed by atoms with E-state index in [9.17, 15) is 9.59 Å². The number of likely N-dealkylation sites (N-methyl/N-ethyl adjacent to an activating group) is 1. The van der Waals surface area contributed by atoms with Crippen LogP contribution >= 0.6 is 11.3 Å². The zero-order valence-electron chi connectivity index (χ0n) is 13.9. The molecular weight excluding hydrogens is 322 g/mol. The van der Waals surface area contributed by atoms with Crippen molar-refractivity contribution in [1.82, 2.24) is 4.90 Å². The van der Waals surface area contributed by atoms with Crippen LogP contribution in [0.15, 0.2) is 35.7 Å². The summed E-state index contributed by atoms with van der Waals surface area (Å²) >= 11 is 1.28. The number of primary amides is 1. The van der Waals surface area contributed by atoms with Gasteiger partial charge >= 0.3 is 0 Å². The molecule has 0 radical (unpaired) electrons. The molecule has 24 heavy (non-hydrogen) atoms. The number of amides is 2.